The first-order valence-corrected chi connectivity index (χ1v) is 8.13. The molecule has 114 valence electrons. The van der Waals surface area contributed by atoms with E-state index in [1.807, 2.05) is 19.2 Å². The van der Waals surface area contributed by atoms with Gasteiger partial charge in [0.1, 0.15) is 0 Å². The van der Waals surface area contributed by atoms with E-state index in [-0.39, 0.29) is 11.8 Å². The van der Waals surface area contributed by atoms with Crippen molar-refractivity contribution in [2.24, 2.45) is 0 Å². The van der Waals surface area contributed by atoms with E-state index in [1.165, 1.54) is 4.90 Å². The Morgan fingerprint density at radius 3 is 2.27 bits per heavy atom. The predicted molar refractivity (Wildman–Crippen MR) is 87.5 cm³/mol. The largest absolute Gasteiger partial charge is 0.300 e. The molecule has 0 N–H and O–H groups in total. The van der Waals surface area contributed by atoms with Crippen molar-refractivity contribution in [2.75, 3.05) is 20.1 Å². The summed E-state index contributed by atoms with van der Waals surface area (Å²) >= 11 is 7.46. The van der Waals surface area contributed by atoms with Gasteiger partial charge in [-0.25, -0.2) is 0 Å². The molecule has 1 aliphatic rings. The van der Waals surface area contributed by atoms with Crippen molar-refractivity contribution < 1.29 is 9.59 Å². The molecule has 1 aromatic carbocycles. The molecule has 4 nitrogen and oxygen atoms in total. The molecule has 1 aliphatic heterocycles. The first-order chi connectivity index (χ1) is 10.6. The minimum atomic E-state index is -0.201. The van der Waals surface area contributed by atoms with Gasteiger partial charge in [0.05, 0.1) is 15.5 Å². The first-order valence-electron chi connectivity index (χ1n) is 6.94. The van der Waals surface area contributed by atoms with Crippen LogP contribution in [0.25, 0.3) is 0 Å². The number of carbonyl (C=O) groups excluding carboxylic acids is 2. The fraction of sp³-hybridized carbons (Fsp3) is 0.250. The molecular weight excluding hydrogens is 320 g/mol. The highest BCUT2D eigenvalue weighted by atomic mass is 35.5. The Hall–Kier alpha value is -1.69. The first kappa shape index (κ1) is 15.2. The van der Waals surface area contributed by atoms with Crippen LogP contribution < -0.4 is 0 Å². The molecule has 0 spiro atoms. The number of benzene rings is 1. The van der Waals surface area contributed by atoms with Crippen LogP contribution in [0.3, 0.4) is 0 Å². The van der Waals surface area contributed by atoms with Crippen LogP contribution >= 0.6 is 22.9 Å². The maximum absolute atomic E-state index is 12.3. The standard InChI is InChI=1S/C16H15ClN2O2S/c1-18(10-11-6-7-14(17)22-11)8-9-19-15(20)12-4-2-3-5-13(12)16(19)21/h2-7H,8-10H2,1H3. The van der Waals surface area contributed by atoms with Crippen LogP contribution in [0.15, 0.2) is 36.4 Å². The maximum Gasteiger partial charge on any atom is 0.261 e. The molecule has 0 radical (unpaired) electrons. The second-order valence-corrected chi connectivity index (χ2v) is 7.05. The summed E-state index contributed by atoms with van der Waals surface area (Å²) < 4.78 is 0.767. The lowest BCUT2D eigenvalue weighted by atomic mass is 10.1. The number of fused-ring (bicyclic) bond motifs is 1. The van der Waals surface area contributed by atoms with E-state index in [9.17, 15) is 9.59 Å². The van der Waals surface area contributed by atoms with Crippen molar-refractivity contribution >= 4 is 34.8 Å². The fourth-order valence-electron chi connectivity index (χ4n) is 2.49. The highest BCUT2D eigenvalue weighted by Gasteiger charge is 2.34. The summed E-state index contributed by atoms with van der Waals surface area (Å²) in [7, 11) is 1.96. The molecule has 2 heterocycles. The number of rotatable bonds is 5. The van der Waals surface area contributed by atoms with Crippen LogP contribution in [0.4, 0.5) is 0 Å². The average Bonchev–Trinajstić information content (AvgIpc) is 3.01. The number of likely N-dealkylation sites (N-methyl/N-ethyl adjacent to an activating group) is 1. The van der Waals surface area contributed by atoms with Crippen molar-refractivity contribution in [1.29, 1.82) is 0 Å². The number of imide groups is 1. The molecule has 6 heteroatoms. The van der Waals surface area contributed by atoms with Gasteiger partial charge < -0.3 is 0 Å². The van der Waals surface area contributed by atoms with Crippen LogP contribution in [0, 0.1) is 0 Å². The number of halogens is 1. The van der Waals surface area contributed by atoms with Crippen molar-refractivity contribution in [3.63, 3.8) is 0 Å². The molecule has 0 atom stereocenters. The van der Waals surface area contributed by atoms with E-state index in [0.717, 1.165) is 15.8 Å². The Morgan fingerprint density at radius 1 is 1.09 bits per heavy atom. The molecule has 0 aliphatic carbocycles. The van der Waals surface area contributed by atoms with Crippen molar-refractivity contribution in [3.8, 4) is 0 Å². The lowest BCUT2D eigenvalue weighted by Crippen LogP contribution is -2.36. The summed E-state index contributed by atoms with van der Waals surface area (Å²) in [4.78, 5) is 29.1. The molecule has 0 saturated carbocycles. The number of carbonyl (C=O) groups is 2. The Labute approximate surface area is 137 Å². The Kier molecular flexibility index (Phi) is 4.29. The van der Waals surface area contributed by atoms with Crippen LogP contribution in [-0.2, 0) is 6.54 Å². The van der Waals surface area contributed by atoms with Crippen molar-refractivity contribution in [3.05, 3.63) is 56.7 Å². The summed E-state index contributed by atoms with van der Waals surface area (Å²) in [5, 5.41) is 0. The van der Waals surface area contributed by atoms with Gasteiger partial charge in [-0.15, -0.1) is 11.3 Å². The van der Waals surface area contributed by atoms with Gasteiger partial charge in [0.2, 0.25) is 0 Å². The van der Waals surface area contributed by atoms with Crippen molar-refractivity contribution in [1.82, 2.24) is 9.80 Å². The van der Waals surface area contributed by atoms with E-state index < -0.39 is 0 Å². The second-order valence-electron chi connectivity index (χ2n) is 5.25. The van der Waals surface area contributed by atoms with E-state index in [1.54, 1.807) is 35.6 Å². The van der Waals surface area contributed by atoms with Gasteiger partial charge >= 0.3 is 0 Å². The number of hydrogen-bond donors (Lipinski definition) is 0. The molecular formula is C16H15ClN2O2S. The van der Waals surface area contributed by atoms with Crippen LogP contribution in [0.1, 0.15) is 25.6 Å². The monoisotopic (exact) mass is 334 g/mol. The number of nitrogens with zero attached hydrogens (tertiary/aromatic N) is 2. The van der Waals surface area contributed by atoms with Gasteiger partial charge in [-0.1, -0.05) is 23.7 Å². The maximum atomic E-state index is 12.3. The molecule has 1 aromatic heterocycles. The zero-order valence-corrected chi connectivity index (χ0v) is 13.7. The SMILES string of the molecule is CN(CCN1C(=O)c2ccccc2C1=O)Cc1ccc(Cl)s1. The second kappa shape index (κ2) is 6.20. The Balaban J connectivity index is 1.60. The van der Waals surface area contributed by atoms with E-state index in [0.29, 0.717) is 24.2 Å². The lowest BCUT2D eigenvalue weighted by Gasteiger charge is -2.20. The van der Waals surface area contributed by atoms with Gasteiger partial charge in [0, 0.05) is 24.5 Å². The molecule has 0 saturated heterocycles. The number of hydrogen-bond acceptors (Lipinski definition) is 4. The summed E-state index contributed by atoms with van der Waals surface area (Å²) in [6, 6.07) is 10.8. The molecule has 3 rings (SSSR count). The third-order valence-corrected chi connectivity index (χ3v) is 4.85. The molecule has 0 bridgehead atoms. The normalized spacial score (nSPS) is 14.0. The quantitative estimate of drug-likeness (QED) is 0.789. The van der Waals surface area contributed by atoms with Crippen LogP contribution in [-0.4, -0.2) is 41.8 Å². The molecule has 2 amide bonds. The molecule has 0 unspecified atom stereocenters. The topological polar surface area (TPSA) is 40.6 Å². The Bertz CT molecular complexity index is 693. The minimum Gasteiger partial charge on any atom is -0.300 e. The minimum absolute atomic E-state index is 0.201. The summed E-state index contributed by atoms with van der Waals surface area (Å²) in [5.74, 6) is -0.402. The van der Waals surface area contributed by atoms with Gasteiger partial charge in [-0.2, -0.15) is 0 Å². The fourth-order valence-corrected chi connectivity index (χ4v) is 3.66. The van der Waals surface area contributed by atoms with Crippen LogP contribution in [0.5, 0.6) is 0 Å². The van der Waals surface area contributed by atoms with Crippen LogP contribution in [0.2, 0.25) is 4.34 Å². The van der Waals surface area contributed by atoms with Gasteiger partial charge in [-0.05, 0) is 31.3 Å². The van der Waals surface area contributed by atoms with E-state index >= 15 is 0 Å². The smallest absolute Gasteiger partial charge is 0.261 e. The summed E-state index contributed by atoms with van der Waals surface area (Å²) in [6.45, 7) is 1.77. The lowest BCUT2D eigenvalue weighted by molar-refractivity contribution is 0.0640. The summed E-state index contributed by atoms with van der Waals surface area (Å²) in [6.07, 6.45) is 0. The highest BCUT2D eigenvalue weighted by Crippen LogP contribution is 2.23. The number of thiophene rings is 1. The third kappa shape index (κ3) is 2.92. The molecule has 0 fully saturated rings. The summed E-state index contributed by atoms with van der Waals surface area (Å²) in [5.41, 5.74) is 1.00. The average molecular weight is 335 g/mol. The Morgan fingerprint density at radius 2 is 1.73 bits per heavy atom. The van der Waals surface area contributed by atoms with Gasteiger partial charge in [-0.3, -0.25) is 19.4 Å². The zero-order chi connectivity index (χ0) is 15.7. The van der Waals surface area contributed by atoms with Crippen molar-refractivity contribution in [2.45, 2.75) is 6.54 Å². The van der Waals surface area contributed by atoms with Gasteiger partial charge in [0.25, 0.3) is 11.8 Å². The predicted octanol–water partition coefficient (Wildman–Crippen LogP) is 3.13. The number of amides is 2. The van der Waals surface area contributed by atoms with Gasteiger partial charge in [0.15, 0.2) is 0 Å². The highest BCUT2D eigenvalue weighted by molar-refractivity contribution is 7.16. The zero-order valence-electron chi connectivity index (χ0n) is 12.1. The van der Waals surface area contributed by atoms with E-state index in [2.05, 4.69) is 4.90 Å². The molecule has 22 heavy (non-hydrogen) atoms. The third-order valence-electron chi connectivity index (χ3n) is 3.64. The molecule has 2 aromatic rings. The van der Waals surface area contributed by atoms with E-state index in [4.69, 9.17) is 11.6 Å².